The van der Waals surface area contributed by atoms with Crippen molar-refractivity contribution in [2.24, 2.45) is 0 Å². The number of amides is 1. The van der Waals surface area contributed by atoms with Crippen molar-refractivity contribution in [2.75, 3.05) is 25.1 Å². The summed E-state index contributed by atoms with van der Waals surface area (Å²) in [5, 5.41) is 5.61. The second kappa shape index (κ2) is 6.58. The lowest BCUT2D eigenvalue weighted by Crippen LogP contribution is -2.43. The number of carbonyl (C=O) groups excluding carboxylic acids is 1. The number of morpholine rings is 1. The molecular formula is C12H13F2IN2O2. The van der Waals surface area contributed by atoms with Gasteiger partial charge in [-0.1, -0.05) is 0 Å². The number of rotatable bonds is 3. The summed E-state index contributed by atoms with van der Waals surface area (Å²) in [4.78, 5) is 11.7. The molecule has 7 heteroatoms. The fraction of sp³-hybridized carbons (Fsp3) is 0.417. The highest BCUT2D eigenvalue weighted by Crippen LogP contribution is 2.20. The van der Waals surface area contributed by atoms with Crippen LogP contribution < -0.4 is 10.6 Å². The third kappa shape index (κ3) is 4.08. The zero-order chi connectivity index (χ0) is 13.8. The van der Waals surface area contributed by atoms with Gasteiger partial charge in [-0.05, 0) is 34.7 Å². The van der Waals surface area contributed by atoms with Gasteiger partial charge in [-0.2, -0.15) is 0 Å². The number of halogens is 3. The highest BCUT2D eigenvalue weighted by atomic mass is 127. The lowest BCUT2D eigenvalue weighted by atomic mass is 10.2. The van der Waals surface area contributed by atoms with Gasteiger partial charge in [0.05, 0.1) is 16.8 Å². The fourth-order valence-electron chi connectivity index (χ4n) is 1.81. The number of ether oxygens (including phenoxy) is 1. The van der Waals surface area contributed by atoms with Gasteiger partial charge in [0.1, 0.15) is 11.6 Å². The predicted octanol–water partition coefficient (Wildman–Crippen LogP) is 1.89. The van der Waals surface area contributed by atoms with Crippen LogP contribution >= 0.6 is 22.6 Å². The van der Waals surface area contributed by atoms with E-state index < -0.39 is 11.6 Å². The Morgan fingerprint density at radius 3 is 2.74 bits per heavy atom. The van der Waals surface area contributed by atoms with Gasteiger partial charge in [-0.3, -0.25) is 4.79 Å². The predicted molar refractivity (Wildman–Crippen MR) is 74.9 cm³/mol. The van der Waals surface area contributed by atoms with E-state index in [0.29, 0.717) is 19.8 Å². The van der Waals surface area contributed by atoms with E-state index in [1.165, 1.54) is 0 Å². The molecule has 1 heterocycles. The standard InChI is InChI=1S/C12H13F2IN2O2/c13-9-3-7(4-10(14)12(9)15)17-11(18)5-8-6-19-2-1-16-8/h3-4,8,16H,1-2,5-6H2,(H,17,18). The van der Waals surface area contributed by atoms with Crippen molar-refractivity contribution in [3.63, 3.8) is 0 Å². The Kier molecular flexibility index (Phi) is 5.06. The smallest absolute Gasteiger partial charge is 0.226 e. The summed E-state index contributed by atoms with van der Waals surface area (Å²) in [6.07, 6.45) is 0.204. The van der Waals surface area contributed by atoms with Crippen LogP contribution in [0, 0.1) is 15.2 Å². The summed E-state index contributed by atoms with van der Waals surface area (Å²) >= 11 is 1.57. The molecule has 0 aromatic heterocycles. The van der Waals surface area contributed by atoms with Crippen molar-refractivity contribution >= 4 is 34.2 Å². The molecule has 1 aliphatic heterocycles. The second-order valence-electron chi connectivity index (χ2n) is 4.23. The Bertz CT molecular complexity index is 456. The number of nitrogens with one attached hydrogen (secondary N) is 2. The Morgan fingerprint density at radius 2 is 2.16 bits per heavy atom. The van der Waals surface area contributed by atoms with Crippen LogP contribution in [0.4, 0.5) is 14.5 Å². The first-order valence-electron chi connectivity index (χ1n) is 5.82. The molecule has 1 amide bonds. The van der Waals surface area contributed by atoms with Gasteiger partial charge >= 0.3 is 0 Å². The fourth-order valence-corrected chi connectivity index (χ4v) is 2.13. The third-order valence-corrected chi connectivity index (χ3v) is 3.73. The summed E-state index contributed by atoms with van der Waals surface area (Å²) in [5.41, 5.74) is 0.122. The first kappa shape index (κ1) is 14.6. The molecule has 0 bridgehead atoms. The summed E-state index contributed by atoms with van der Waals surface area (Å²) in [6.45, 7) is 1.79. The van der Waals surface area contributed by atoms with Gasteiger partial charge in [0.15, 0.2) is 0 Å². The molecular weight excluding hydrogens is 369 g/mol. The zero-order valence-electron chi connectivity index (χ0n) is 10.0. The summed E-state index contributed by atoms with van der Waals surface area (Å²) in [6, 6.07) is 2.15. The molecule has 1 aromatic carbocycles. The van der Waals surface area contributed by atoms with E-state index in [1.54, 1.807) is 22.6 Å². The topological polar surface area (TPSA) is 50.4 Å². The van der Waals surface area contributed by atoms with Crippen LogP contribution in [0.15, 0.2) is 12.1 Å². The molecule has 1 saturated heterocycles. The lowest BCUT2D eigenvalue weighted by molar-refractivity contribution is -0.117. The van der Waals surface area contributed by atoms with Crippen LogP contribution in [-0.4, -0.2) is 31.7 Å². The van der Waals surface area contributed by atoms with Crippen LogP contribution in [0.1, 0.15) is 6.42 Å². The molecule has 0 saturated carbocycles. The van der Waals surface area contributed by atoms with Crippen molar-refractivity contribution < 1.29 is 18.3 Å². The first-order chi connectivity index (χ1) is 9.06. The molecule has 1 aliphatic rings. The molecule has 104 valence electrons. The van der Waals surface area contributed by atoms with Crippen molar-refractivity contribution in [2.45, 2.75) is 12.5 Å². The quantitative estimate of drug-likeness (QED) is 0.620. The lowest BCUT2D eigenvalue weighted by Gasteiger charge is -2.23. The minimum Gasteiger partial charge on any atom is -0.378 e. The zero-order valence-corrected chi connectivity index (χ0v) is 12.2. The highest BCUT2D eigenvalue weighted by molar-refractivity contribution is 14.1. The van der Waals surface area contributed by atoms with E-state index in [-0.39, 0.29) is 27.6 Å². The van der Waals surface area contributed by atoms with Crippen LogP contribution in [0.3, 0.4) is 0 Å². The van der Waals surface area contributed by atoms with E-state index in [1.807, 2.05) is 0 Å². The number of anilines is 1. The minimum atomic E-state index is -0.685. The van der Waals surface area contributed by atoms with E-state index in [2.05, 4.69) is 10.6 Å². The van der Waals surface area contributed by atoms with Gasteiger partial charge in [-0.25, -0.2) is 8.78 Å². The number of benzene rings is 1. The average molecular weight is 382 g/mol. The Morgan fingerprint density at radius 1 is 1.47 bits per heavy atom. The third-order valence-electron chi connectivity index (χ3n) is 2.70. The van der Waals surface area contributed by atoms with Gasteiger partial charge in [0, 0.05) is 24.7 Å². The average Bonchev–Trinajstić information content (AvgIpc) is 2.37. The van der Waals surface area contributed by atoms with Gasteiger partial charge in [0.25, 0.3) is 0 Å². The maximum absolute atomic E-state index is 13.3. The van der Waals surface area contributed by atoms with Crippen molar-refractivity contribution in [1.82, 2.24) is 5.32 Å². The van der Waals surface area contributed by atoms with Crippen molar-refractivity contribution in [3.8, 4) is 0 Å². The second-order valence-corrected chi connectivity index (χ2v) is 5.31. The maximum atomic E-state index is 13.3. The summed E-state index contributed by atoms with van der Waals surface area (Å²) < 4.78 is 31.8. The Labute approximate surface area is 123 Å². The monoisotopic (exact) mass is 382 g/mol. The molecule has 4 nitrogen and oxygen atoms in total. The first-order valence-corrected chi connectivity index (χ1v) is 6.89. The van der Waals surface area contributed by atoms with Crippen LogP contribution in [0.2, 0.25) is 0 Å². The van der Waals surface area contributed by atoms with Crippen LogP contribution in [0.25, 0.3) is 0 Å². The van der Waals surface area contributed by atoms with Gasteiger partial charge in [0.2, 0.25) is 5.91 Å². The van der Waals surface area contributed by atoms with E-state index in [0.717, 1.165) is 12.1 Å². The maximum Gasteiger partial charge on any atom is 0.226 e. The highest BCUT2D eigenvalue weighted by Gasteiger charge is 2.17. The van der Waals surface area contributed by atoms with Crippen LogP contribution in [0.5, 0.6) is 0 Å². The van der Waals surface area contributed by atoms with Gasteiger partial charge in [-0.15, -0.1) is 0 Å². The Hall–Kier alpha value is -0.800. The number of hydrogen-bond donors (Lipinski definition) is 2. The SMILES string of the molecule is O=C(CC1COCCN1)Nc1cc(F)c(I)c(F)c1. The molecule has 2 N–H and O–H groups in total. The molecule has 2 rings (SSSR count). The van der Waals surface area contributed by atoms with Crippen LogP contribution in [-0.2, 0) is 9.53 Å². The number of carbonyl (C=O) groups is 1. The number of hydrogen-bond acceptors (Lipinski definition) is 3. The minimum absolute atomic E-state index is 0.0627. The van der Waals surface area contributed by atoms with E-state index >= 15 is 0 Å². The van der Waals surface area contributed by atoms with E-state index in [9.17, 15) is 13.6 Å². The summed E-state index contributed by atoms with van der Waals surface area (Å²) in [7, 11) is 0. The largest absolute Gasteiger partial charge is 0.378 e. The molecule has 1 fully saturated rings. The molecule has 0 spiro atoms. The molecule has 1 aromatic rings. The molecule has 0 aliphatic carbocycles. The van der Waals surface area contributed by atoms with Gasteiger partial charge < -0.3 is 15.4 Å². The molecule has 1 atom stereocenters. The summed E-state index contributed by atoms with van der Waals surface area (Å²) in [5.74, 6) is -1.67. The van der Waals surface area contributed by atoms with Crippen molar-refractivity contribution in [3.05, 3.63) is 27.3 Å². The molecule has 19 heavy (non-hydrogen) atoms. The molecule has 0 radical (unpaired) electrons. The van der Waals surface area contributed by atoms with E-state index in [4.69, 9.17) is 4.74 Å². The van der Waals surface area contributed by atoms with Crippen molar-refractivity contribution in [1.29, 1.82) is 0 Å². The molecule has 1 unspecified atom stereocenters. The Balaban J connectivity index is 1.94. The normalized spacial score (nSPS) is 19.2.